The van der Waals surface area contributed by atoms with Gasteiger partial charge in [-0.3, -0.25) is 9.59 Å². The molecule has 0 bridgehead atoms. The molecular formula is C29H30BrClN2O5. The first kappa shape index (κ1) is 27.8. The Morgan fingerprint density at radius 1 is 1.00 bits per heavy atom. The molecule has 9 heteroatoms. The zero-order valence-electron chi connectivity index (χ0n) is 21.7. The summed E-state index contributed by atoms with van der Waals surface area (Å²) in [6, 6.07) is 17.9. The van der Waals surface area contributed by atoms with Gasteiger partial charge in [-0.2, -0.15) is 0 Å². The second kappa shape index (κ2) is 12.1. The minimum absolute atomic E-state index is 0.0578. The van der Waals surface area contributed by atoms with Gasteiger partial charge < -0.3 is 24.0 Å². The molecule has 4 rings (SSSR count). The van der Waals surface area contributed by atoms with E-state index >= 15 is 0 Å². The van der Waals surface area contributed by atoms with Crippen LogP contribution in [0.4, 0.5) is 5.69 Å². The first-order valence-electron chi connectivity index (χ1n) is 12.1. The van der Waals surface area contributed by atoms with Gasteiger partial charge in [0.25, 0.3) is 0 Å². The quantitative estimate of drug-likeness (QED) is 0.304. The predicted molar refractivity (Wildman–Crippen MR) is 151 cm³/mol. The van der Waals surface area contributed by atoms with E-state index in [2.05, 4.69) is 15.9 Å². The molecule has 1 aliphatic rings. The standard InChI is InChI=1S/C29H30BrClN2O5/c1-32(17-19-5-7-20(30)16-24(19)31)29(35)23-12-14-27(34)33(21-8-10-22(36-2)11-9-21)28(23)18-6-13-25(37-3)26(15-18)38-4/h5-11,13,15-16,23,28H,12,14,17H2,1-4H3. The molecule has 0 N–H and O–H groups in total. The average molecular weight is 602 g/mol. The lowest BCUT2D eigenvalue weighted by Gasteiger charge is -2.42. The Morgan fingerprint density at radius 3 is 2.34 bits per heavy atom. The van der Waals surface area contributed by atoms with Crippen molar-refractivity contribution in [2.75, 3.05) is 33.3 Å². The van der Waals surface area contributed by atoms with Crippen molar-refractivity contribution in [1.82, 2.24) is 4.90 Å². The van der Waals surface area contributed by atoms with Gasteiger partial charge >= 0.3 is 0 Å². The number of carbonyl (C=O) groups excluding carboxylic acids is 2. The number of methoxy groups -OCH3 is 3. The van der Waals surface area contributed by atoms with E-state index < -0.39 is 12.0 Å². The largest absolute Gasteiger partial charge is 0.497 e. The second-order valence-corrected chi connectivity index (χ2v) is 10.4. The van der Waals surface area contributed by atoms with E-state index in [1.165, 1.54) is 0 Å². The average Bonchev–Trinajstić information content (AvgIpc) is 2.93. The van der Waals surface area contributed by atoms with Crippen molar-refractivity contribution < 1.29 is 23.8 Å². The fourth-order valence-corrected chi connectivity index (χ4v) is 5.62. The van der Waals surface area contributed by atoms with Crippen LogP contribution in [0.2, 0.25) is 5.02 Å². The summed E-state index contributed by atoms with van der Waals surface area (Å²) < 4.78 is 17.2. The molecule has 2 amide bonds. The summed E-state index contributed by atoms with van der Waals surface area (Å²) in [4.78, 5) is 30.8. The van der Waals surface area contributed by atoms with Gasteiger partial charge in [0, 0.05) is 35.2 Å². The third-order valence-corrected chi connectivity index (χ3v) is 7.66. The van der Waals surface area contributed by atoms with Crippen LogP contribution in [0.3, 0.4) is 0 Å². The molecule has 0 spiro atoms. The number of benzene rings is 3. The Balaban J connectivity index is 1.75. The Bertz CT molecular complexity index is 1320. The minimum Gasteiger partial charge on any atom is -0.497 e. The van der Waals surface area contributed by atoms with Crippen molar-refractivity contribution >= 4 is 45.0 Å². The first-order chi connectivity index (χ1) is 18.3. The van der Waals surface area contributed by atoms with Gasteiger partial charge in [0.1, 0.15) is 5.75 Å². The number of nitrogens with zero attached hydrogens (tertiary/aromatic N) is 2. The molecule has 3 aromatic carbocycles. The Morgan fingerprint density at radius 2 is 1.71 bits per heavy atom. The van der Waals surface area contributed by atoms with Gasteiger partial charge in [-0.25, -0.2) is 0 Å². The summed E-state index contributed by atoms with van der Waals surface area (Å²) >= 11 is 9.86. The molecule has 0 aliphatic carbocycles. The lowest BCUT2D eigenvalue weighted by molar-refractivity contribution is -0.137. The van der Waals surface area contributed by atoms with E-state index in [0.717, 1.165) is 15.6 Å². The van der Waals surface area contributed by atoms with Crippen LogP contribution in [0, 0.1) is 5.92 Å². The van der Waals surface area contributed by atoms with Crippen molar-refractivity contribution in [3.05, 3.63) is 81.3 Å². The first-order valence-corrected chi connectivity index (χ1v) is 13.3. The van der Waals surface area contributed by atoms with E-state index in [1.807, 2.05) is 42.5 Å². The van der Waals surface area contributed by atoms with Crippen LogP contribution < -0.4 is 19.1 Å². The molecule has 2 atom stereocenters. The number of rotatable bonds is 8. The summed E-state index contributed by atoms with van der Waals surface area (Å²) in [5, 5.41) is 0.578. The summed E-state index contributed by atoms with van der Waals surface area (Å²) in [6.07, 6.45) is 0.668. The van der Waals surface area contributed by atoms with E-state index in [-0.39, 0.29) is 18.2 Å². The molecule has 7 nitrogen and oxygen atoms in total. The van der Waals surface area contributed by atoms with Crippen LogP contribution in [0.25, 0.3) is 0 Å². The summed E-state index contributed by atoms with van der Waals surface area (Å²) in [6.45, 7) is 0.344. The van der Waals surface area contributed by atoms with Gasteiger partial charge in [0.2, 0.25) is 11.8 Å². The molecule has 0 aromatic heterocycles. The fourth-order valence-electron chi connectivity index (χ4n) is 4.88. The Labute approximate surface area is 236 Å². The number of amides is 2. The van der Waals surface area contributed by atoms with Crippen molar-refractivity contribution in [3.8, 4) is 17.2 Å². The molecule has 1 heterocycles. The molecule has 0 radical (unpaired) electrons. The summed E-state index contributed by atoms with van der Waals surface area (Å²) in [7, 11) is 6.49. The fraction of sp³-hybridized carbons (Fsp3) is 0.310. The number of carbonyl (C=O) groups is 2. The SMILES string of the molecule is COc1ccc(N2C(=O)CCC(C(=O)N(C)Cc3ccc(Br)cc3Cl)C2c2ccc(OC)c(OC)c2)cc1. The zero-order chi connectivity index (χ0) is 27.4. The number of halogens is 2. The smallest absolute Gasteiger partial charge is 0.228 e. The second-order valence-electron chi connectivity index (χ2n) is 9.10. The lowest BCUT2D eigenvalue weighted by atomic mass is 9.82. The number of hydrogen-bond donors (Lipinski definition) is 0. The van der Waals surface area contributed by atoms with E-state index in [4.69, 9.17) is 25.8 Å². The van der Waals surface area contributed by atoms with Crippen LogP contribution in [0.5, 0.6) is 17.2 Å². The third kappa shape index (κ3) is 5.76. The number of anilines is 1. The highest BCUT2D eigenvalue weighted by atomic mass is 79.9. The Hall–Kier alpha value is -3.23. The maximum absolute atomic E-state index is 14.0. The molecule has 38 heavy (non-hydrogen) atoms. The Kier molecular flexibility index (Phi) is 8.84. The van der Waals surface area contributed by atoms with Crippen LogP contribution >= 0.6 is 27.5 Å². The predicted octanol–water partition coefficient (Wildman–Crippen LogP) is 6.27. The molecule has 1 aliphatic heterocycles. The molecule has 2 unspecified atom stereocenters. The van der Waals surface area contributed by atoms with Crippen LogP contribution in [0.1, 0.15) is 30.0 Å². The minimum atomic E-state index is -0.556. The highest BCUT2D eigenvalue weighted by Gasteiger charge is 2.42. The highest BCUT2D eigenvalue weighted by Crippen LogP contribution is 2.43. The van der Waals surface area contributed by atoms with Crippen molar-refractivity contribution in [1.29, 1.82) is 0 Å². The van der Waals surface area contributed by atoms with Gasteiger partial charge in [0.15, 0.2) is 11.5 Å². The van der Waals surface area contributed by atoms with Gasteiger partial charge in [0.05, 0.1) is 33.3 Å². The van der Waals surface area contributed by atoms with Crippen LogP contribution in [0.15, 0.2) is 65.1 Å². The van der Waals surface area contributed by atoms with E-state index in [1.54, 1.807) is 56.4 Å². The number of piperidine rings is 1. The highest BCUT2D eigenvalue weighted by molar-refractivity contribution is 9.10. The molecule has 200 valence electrons. The van der Waals surface area contributed by atoms with Gasteiger partial charge in [-0.05, 0) is 66.1 Å². The zero-order valence-corrected chi connectivity index (χ0v) is 24.1. The monoisotopic (exact) mass is 600 g/mol. The van der Waals surface area contributed by atoms with Crippen LogP contribution in [-0.4, -0.2) is 45.1 Å². The summed E-state index contributed by atoms with van der Waals surface area (Å²) in [5.74, 6) is 1.15. The third-order valence-electron chi connectivity index (χ3n) is 6.81. The maximum Gasteiger partial charge on any atom is 0.228 e. The maximum atomic E-state index is 14.0. The van der Waals surface area contributed by atoms with Gasteiger partial charge in [-0.1, -0.05) is 39.7 Å². The molecule has 0 saturated carbocycles. The topological polar surface area (TPSA) is 68.3 Å². The van der Waals surface area contributed by atoms with Crippen molar-refractivity contribution in [2.45, 2.75) is 25.4 Å². The van der Waals surface area contributed by atoms with Crippen LogP contribution in [-0.2, 0) is 16.1 Å². The molecule has 1 saturated heterocycles. The van der Waals surface area contributed by atoms with Crippen molar-refractivity contribution in [3.63, 3.8) is 0 Å². The van der Waals surface area contributed by atoms with E-state index in [9.17, 15) is 9.59 Å². The lowest BCUT2D eigenvalue weighted by Crippen LogP contribution is -2.48. The molecule has 3 aromatic rings. The van der Waals surface area contributed by atoms with Crippen molar-refractivity contribution in [2.24, 2.45) is 5.92 Å². The molecule has 1 fully saturated rings. The summed E-state index contributed by atoms with van der Waals surface area (Å²) in [5.41, 5.74) is 2.30. The normalized spacial score (nSPS) is 17.2. The van der Waals surface area contributed by atoms with Gasteiger partial charge in [-0.15, -0.1) is 0 Å². The molecular weight excluding hydrogens is 572 g/mol. The number of ether oxygens (including phenoxy) is 3. The van der Waals surface area contributed by atoms with E-state index in [0.29, 0.717) is 40.9 Å². The number of hydrogen-bond acceptors (Lipinski definition) is 5.